The smallest absolute Gasteiger partial charge is 0.271 e. The van der Waals surface area contributed by atoms with Crippen LogP contribution in [0.1, 0.15) is 35.5 Å². The third kappa shape index (κ3) is 3.89. The molecule has 1 heterocycles. The Morgan fingerprint density at radius 3 is 2.44 bits per heavy atom. The van der Waals surface area contributed by atoms with E-state index in [4.69, 9.17) is 0 Å². The van der Waals surface area contributed by atoms with Crippen molar-refractivity contribution in [1.29, 1.82) is 0 Å². The quantitative estimate of drug-likeness (QED) is 0.538. The molecular formula is C21H22N4O2. The van der Waals surface area contributed by atoms with E-state index in [2.05, 4.69) is 22.5 Å². The number of hydrazone groups is 1. The Balaban J connectivity index is 1.85. The SMILES string of the molecule is CCc1ccc(-c2c(O)c(/C(C)=N/NC(=O)c3ccccc3)nn2C)cc1. The van der Waals surface area contributed by atoms with Crippen molar-refractivity contribution in [3.05, 3.63) is 71.4 Å². The molecule has 0 unspecified atom stereocenters. The number of hydrogen-bond acceptors (Lipinski definition) is 4. The van der Waals surface area contributed by atoms with Crippen molar-refractivity contribution < 1.29 is 9.90 Å². The van der Waals surface area contributed by atoms with Crippen LogP contribution >= 0.6 is 0 Å². The number of amides is 1. The topological polar surface area (TPSA) is 79.5 Å². The number of benzene rings is 2. The third-order valence-electron chi connectivity index (χ3n) is 4.36. The Morgan fingerprint density at radius 2 is 1.81 bits per heavy atom. The van der Waals surface area contributed by atoms with Crippen molar-refractivity contribution in [2.45, 2.75) is 20.3 Å². The number of aryl methyl sites for hydroxylation is 2. The van der Waals surface area contributed by atoms with Crippen LogP contribution in [-0.2, 0) is 13.5 Å². The highest BCUT2D eigenvalue weighted by Gasteiger charge is 2.19. The molecule has 3 aromatic rings. The van der Waals surface area contributed by atoms with Crippen molar-refractivity contribution >= 4 is 11.6 Å². The zero-order valence-electron chi connectivity index (χ0n) is 15.6. The first-order chi connectivity index (χ1) is 13.0. The van der Waals surface area contributed by atoms with E-state index < -0.39 is 0 Å². The fourth-order valence-electron chi connectivity index (χ4n) is 2.82. The lowest BCUT2D eigenvalue weighted by atomic mass is 10.1. The van der Waals surface area contributed by atoms with E-state index in [1.54, 1.807) is 42.9 Å². The van der Waals surface area contributed by atoms with Crippen LogP contribution in [0.4, 0.5) is 0 Å². The summed E-state index contributed by atoms with van der Waals surface area (Å²) in [6.45, 7) is 3.79. The number of rotatable bonds is 5. The van der Waals surface area contributed by atoms with Gasteiger partial charge in [-0.1, -0.05) is 49.4 Å². The maximum atomic E-state index is 12.1. The maximum Gasteiger partial charge on any atom is 0.271 e. The summed E-state index contributed by atoms with van der Waals surface area (Å²) in [7, 11) is 1.77. The lowest BCUT2D eigenvalue weighted by Gasteiger charge is -2.04. The number of nitrogens with one attached hydrogen (secondary N) is 1. The molecule has 0 radical (unpaired) electrons. The Bertz CT molecular complexity index is 973. The molecule has 0 atom stereocenters. The zero-order chi connectivity index (χ0) is 19.4. The van der Waals surface area contributed by atoms with Crippen LogP contribution in [0.2, 0.25) is 0 Å². The molecule has 0 aliphatic heterocycles. The minimum absolute atomic E-state index is 0.0389. The second kappa shape index (κ2) is 7.86. The van der Waals surface area contributed by atoms with Crippen molar-refractivity contribution in [1.82, 2.24) is 15.2 Å². The predicted molar refractivity (Wildman–Crippen MR) is 106 cm³/mol. The van der Waals surface area contributed by atoms with Gasteiger partial charge < -0.3 is 5.11 Å². The Hall–Kier alpha value is -3.41. The van der Waals surface area contributed by atoms with E-state index in [9.17, 15) is 9.90 Å². The van der Waals surface area contributed by atoms with Crippen LogP contribution < -0.4 is 5.43 Å². The van der Waals surface area contributed by atoms with Gasteiger partial charge in [0.15, 0.2) is 11.4 Å². The highest BCUT2D eigenvalue weighted by molar-refractivity contribution is 6.02. The molecule has 0 saturated heterocycles. The number of aromatic hydroxyl groups is 1. The van der Waals surface area contributed by atoms with Crippen LogP contribution in [-0.4, -0.2) is 26.5 Å². The molecule has 1 amide bonds. The van der Waals surface area contributed by atoms with Crippen molar-refractivity contribution in [2.75, 3.05) is 0 Å². The molecule has 0 aliphatic rings. The highest BCUT2D eigenvalue weighted by Crippen LogP contribution is 2.32. The maximum absolute atomic E-state index is 12.1. The fourth-order valence-corrected chi connectivity index (χ4v) is 2.82. The van der Waals surface area contributed by atoms with Gasteiger partial charge in [-0.25, -0.2) is 5.43 Å². The van der Waals surface area contributed by atoms with E-state index in [1.165, 1.54) is 5.56 Å². The molecule has 1 aromatic heterocycles. The summed E-state index contributed by atoms with van der Waals surface area (Å²) in [5.41, 5.74) is 6.46. The fraction of sp³-hybridized carbons (Fsp3) is 0.190. The van der Waals surface area contributed by atoms with Gasteiger partial charge in [0.1, 0.15) is 5.69 Å². The van der Waals surface area contributed by atoms with Gasteiger partial charge in [0.25, 0.3) is 5.91 Å². The van der Waals surface area contributed by atoms with E-state index in [0.717, 1.165) is 12.0 Å². The molecular weight excluding hydrogens is 340 g/mol. The minimum atomic E-state index is -0.319. The first-order valence-corrected chi connectivity index (χ1v) is 8.76. The molecule has 2 N–H and O–H groups in total. The number of hydrogen-bond donors (Lipinski definition) is 2. The van der Waals surface area contributed by atoms with Crippen molar-refractivity contribution in [3.63, 3.8) is 0 Å². The molecule has 2 aromatic carbocycles. The molecule has 0 spiro atoms. The molecule has 6 heteroatoms. The highest BCUT2D eigenvalue weighted by atomic mass is 16.3. The summed E-state index contributed by atoms with van der Waals surface area (Å²) >= 11 is 0. The van der Waals surface area contributed by atoms with Crippen LogP contribution in [0.25, 0.3) is 11.3 Å². The van der Waals surface area contributed by atoms with Gasteiger partial charge in [-0.15, -0.1) is 0 Å². The van der Waals surface area contributed by atoms with Crippen molar-refractivity contribution in [3.8, 4) is 17.0 Å². The molecule has 6 nitrogen and oxygen atoms in total. The summed E-state index contributed by atoms with van der Waals surface area (Å²) in [5, 5.41) is 19.1. The Kier molecular flexibility index (Phi) is 5.35. The Morgan fingerprint density at radius 1 is 1.15 bits per heavy atom. The first kappa shape index (κ1) is 18.4. The standard InChI is InChI=1S/C21H22N4O2/c1-4-15-10-12-16(13-11-15)19-20(26)18(24-25(19)3)14(2)22-23-21(27)17-8-6-5-7-9-17/h5-13,26H,4H2,1-3H3,(H,23,27)/b22-14+. The van der Waals surface area contributed by atoms with Gasteiger partial charge in [0, 0.05) is 18.2 Å². The zero-order valence-corrected chi connectivity index (χ0v) is 15.6. The number of carbonyl (C=O) groups is 1. The Labute approximate surface area is 158 Å². The van der Waals surface area contributed by atoms with E-state index in [-0.39, 0.29) is 11.7 Å². The second-order valence-corrected chi connectivity index (χ2v) is 6.22. The lowest BCUT2D eigenvalue weighted by Crippen LogP contribution is -2.19. The minimum Gasteiger partial charge on any atom is -0.504 e. The molecule has 0 aliphatic carbocycles. The van der Waals surface area contributed by atoms with Gasteiger partial charge in [0.05, 0.1) is 5.71 Å². The van der Waals surface area contributed by atoms with E-state index >= 15 is 0 Å². The van der Waals surface area contributed by atoms with Gasteiger partial charge in [0.2, 0.25) is 0 Å². The predicted octanol–water partition coefficient (Wildman–Crippen LogP) is 3.51. The largest absolute Gasteiger partial charge is 0.504 e. The van der Waals surface area contributed by atoms with Crippen LogP contribution in [0.3, 0.4) is 0 Å². The van der Waals surface area contributed by atoms with Gasteiger partial charge in [-0.05, 0) is 31.0 Å². The molecule has 0 saturated carbocycles. The summed E-state index contributed by atoms with van der Waals surface area (Å²) < 4.78 is 1.61. The normalized spacial score (nSPS) is 11.4. The average molecular weight is 362 g/mol. The van der Waals surface area contributed by atoms with E-state index in [0.29, 0.717) is 22.7 Å². The number of nitrogens with zero attached hydrogens (tertiary/aromatic N) is 3. The van der Waals surface area contributed by atoms with Gasteiger partial charge >= 0.3 is 0 Å². The lowest BCUT2D eigenvalue weighted by molar-refractivity contribution is 0.0955. The van der Waals surface area contributed by atoms with Crippen LogP contribution in [0, 0.1) is 0 Å². The molecule has 27 heavy (non-hydrogen) atoms. The molecule has 0 bridgehead atoms. The van der Waals surface area contributed by atoms with Crippen LogP contribution in [0.15, 0.2) is 59.7 Å². The van der Waals surface area contributed by atoms with Gasteiger partial charge in [-0.2, -0.15) is 10.2 Å². The first-order valence-electron chi connectivity index (χ1n) is 8.76. The number of aromatic nitrogens is 2. The average Bonchev–Trinajstić information content (AvgIpc) is 3.00. The summed E-state index contributed by atoms with van der Waals surface area (Å²) in [6, 6.07) is 16.8. The summed E-state index contributed by atoms with van der Waals surface area (Å²) in [5.74, 6) is -0.280. The second-order valence-electron chi connectivity index (χ2n) is 6.22. The summed E-state index contributed by atoms with van der Waals surface area (Å²) in [6.07, 6.45) is 0.954. The molecule has 138 valence electrons. The number of carbonyl (C=O) groups excluding carboxylic acids is 1. The third-order valence-corrected chi connectivity index (χ3v) is 4.36. The van der Waals surface area contributed by atoms with Gasteiger partial charge in [-0.3, -0.25) is 9.48 Å². The molecule has 3 rings (SSSR count). The van der Waals surface area contributed by atoms with E-state index in [1.807, 2.05) is 30.3 Å². The summed E-state index contributed by atoms with van der Waals surface area (Å²) in [4.78, 5) is 12.1. The monoisotopic (exact) mass is 362 g/mol. The van der Waals surface area contributed by atoms with Crippen molar-refractivity contribution in [2.24, 2.45) is 12.1 Å². The molecule has 0 fully saturated rings. The van der Waals surface area contributed by atoms with Crippen LogP contribution in [0.5, 0.6) is 5.75 Å².